The van der Waals surface area contributed by atoms with Crippen LogP contribution in [0.25, 0.3) is 0 Å². The molecule has 0 saturated heterocycles. The molecule has 2 heterocycles. The quantitative estimate of drug-likeness (QED) is 0.705. The summed E-state index contributed by atoms with van der Waals surface area (Å²) in [4.78, 5) is 37.6. The van der Waals surface area contributed by atoms with Gasteiger partial charge in [-0.25, -0.2) is 9.97 Å². The summed E-state index contributed by atoms with van der Waals surface area (Å²) in [5, 5.41) is 3.21. The number of rotatable bonds is 5. The van der Waals surface area contributed by atoms with Crippen LogP contribution < -0.4 is 14.8 Å². The molecule has 7 rings (SSSR count). The van der Waals surface area contributed by atoms with E-state index in [1.807, 2.05) is 0 Å². The van der Waals surface area contributed by atoms with Gasteiger partial charge in [0.2, 0.25) is 5.91 Å². The zero-order chi connectivity index (χ0) is 24.2. The monoisotopic (exact) mass is 476 g/mol. The van der Waals surface area contributed by atoms with Gasteiger partial charge in [0.05, 0.1) is 37.4 Å². The van der Waals surface area contributed by atoms with E-state index in [0.717, 1.165) is 30.5 Å². The highest BCUT2D eigenvalue weighted by molar-refractivity contribution is 5.98. The first-order chi connectivity index (χ1) is 17.0. The molecule has 8 nitrogen and oxygen atoms in total. The van der Waals surface area contributed by atoms with Crippen LogP contribution in [0.3, 0.4) is 0 Å². The molecule has 4 fully saturated rings. The third-order valence-electron chi connectivity index (χ3n) is 8.69. The number of benzene rings is 1. The van der Waals surface area contributed by atoms with Crippen molar-refractivity contribution in [1.29, 1.82) is 0 Å². The molecule has 1 aliphatic heterocycles. The van der Waals surface area contributed by atoms with Gasteiger partial charge in [0, 0.05) is 18.2 Å². The van der Waals surface area contributed by atoms with Crippen LogP contribution in [0.5, 0.6) is 11.5 Å². The first-order valence-electron chi connectivity index (χ1n) is 12.6. The Morgan fingerprint density at radius 1 is 1.03 bits per heavy atom. The predicted molar refractivity (Wildman–Crippen MR) is 129 cm³/mol. The molecule has 184 valence electrons. The molecular weight excluding hydrogens is 444 g/mol. The highest BCUT2D eigenvalue weighted by Crippen LogP contribution is 2.60. The zero-order valence-electron chi connectivity index (χ0n) is 20.4. The van der Waals surface area contributed by atoms with Crippen molar-refractivity contribution >= 4 is 17.6 Å². The third kappa shape index (κ3) is 3.83. The summed E-state index contributed by atoms with van der Waals surface area (Å²) < 4.78 is 10.7. The molecule has 1 aromatic carbocycles. The molecule has 8 heteroatoms. The maximum atomic E-state index is 13.6. The van der Waals surface area contributed by atoms with Crippen molar-refractivity contribution in [3.05, 3.63) is 41.3 Å². The van der Waals surface area contributed by atoms with Crippen molar-refractivity contribution < 1.29 is 19.1 Å². The standard InChI is InChI=1S/C27H32N4O4/c1-34-19-3-4-21(23(10-19)35-2)25(32)31-6-5-20-22(14-31)28-15-29-24(20)30-26(33)27-11-16-7-17(12-27)9-18(8-16)13-27/h3-4,10,15-18H,5-9,11-14H2,1-2H3,(H,28,29,30,33). The van der Waals surface area contributed by atoms with Crippen molar-refractivity contribution in [1.82, 2.24) is 14.9 Å². The van der Waals surface area contributed by atoms with E-state index in [-0.39, 0.29) is 17.2 Å². The van der Waals surface area contributed by atoms with Crippen LogP contribution in [0.4, 0.5) is 5.82 Å². The van der Waals surface area contributed by atoms with E-state index in [1.54, 1.807) is 37.3 Å². The van der Waals surface area contributed by atoms with Gasteiger partial charge in [-0.3, -0.25) is 9.59 Å². The smallest absolute Gasteiger partial charge is 0.257 e. The van der Waals surface area contributed by atoms with Crippen molar-refractivity contribution in [3.63, 3.8) is 0 Å². The number of fused-ring (bicyclic) bond motifs is 1. The molecule has 2 aromatic rings. The number of hydrogen-bond acceptors (Lipinski definition) is 6. The number of carbonyl (C=O) groups excluding carboxylic acids is 2. The number of methoxy groups -OCH3 is 2. The fraction of sp³-hybridized carbons (Fsp3) is 0.556. The molecule has 4 aliphatic carbocycles. The van der Waals surface area contributed by atoms with Crippen molar-refractivity contribution in [2.75, 3.05) is 26.1 Å². The topological polar surface area (TPSA) is 93.6 Å². The van der Waals surface area contributed by atoms with E-state index >= 15 is 0 Å². The summed E-state index contributed by atoms with van der Waals surface area (Å²) in [5.41, 5.74) is 1.99. The Morgan fingerprint density at radius 2 is 1.74 bits per heavy atom. The Kier molecular flexibility index (Phi) is 5.42. The van der Waals surface area contributed by atoms with E-state index < -0.39 is 0 Å². The maximum Gasteiger partial charge on any atom is 0.257 e. The minimum Gasteiger partial charge on any atom is -0.497 e. The summed E-state index contributed by atoms with van der Waals surface area (Å²) in [6.45, 7) is 0.890. The number of amides is 2. The number of nitrogens with zero attached hydrogens (tertiary/aromatic N) is 3. The van der Waals surface area contributed by atoms with Crippen LogP contribution in [0.15, 0.2) is 24.5 Å². The number of aromatic nitrogens is 2. The van der Waals surface area contributed by atoms with Gasteiger partial charge >= 0.3 is 0 Å². The molecule has 4 bridgehead atoms. The molecule has 5 aliphatic rings. The Balaban J connectivity index is 1.20. The lowest BCUT2D eigenvalue weighted by Crippen LogP contribution is -2.52. The van der Waals surface area contributed by atoms with Gasteiger partial charge in [0.1, 0.15) is 23.6 Å². The molecule has 0 unspecified atom stereocenters. The largest absolute Gasteiger partial charge is 0.497 e. The van der Waals surface area contributed by atoms with Crippen LogP contribution in [-0.2, 0) is 17.8 Å². The van der Waals surface area contributed by atoms with Crippen molar-refractivity contribution in [2.45, 2.75) is 51.5 Å². The van der Waals surface area contributed by atoms with Gasteiger partial charge in [-0.2, -0.15) is 0 Å². The lowest BCUT2D eigenvalue weighted by atomic mass is 9.49. The lowest BCUT2D eigenvalue weighted by Gasteiger charge is -2.55. The summed E-state index contributed by atoms with van der Waals surface area (Å²) in [7, 11) is 3.13. The molecule has 35 heavy (non-hydrogen) atoms. The predicted octanol–water partition coefficient (Wildman–Crippen LogP) is 3.85. The Bertz CT molecular complexity index is 1140. The third-order valence-corrected chi connectivity index (χ3v) is 8.69. The van der Waals surface area contributed by atoms with Gasteiger partial charge in [-0.1, -0.05) is 0 Å². The van der Waals surface area contributed by atoms with Crippen molar-refractivity contribution in [3.8, 4) is 11.5 Å². The second kappa shape index (κ2) is 8.50. The molecule has 0 radical (unpaired) electrons. The molecular formula is C27H32N4O4. The molecule has 1 aromatic heterocycles. The van der Waals surface area contributed by atoms with Gasteiger partial charge in [0.15, 0.2) is 0 Å². The van der Waals surface area contributed by atoms with Crippen molar-refractivity contribution in [2.24, 2.45) is 23.2 Å². The van der Waals surface area contributed by atoms with Crippen LogP contribution >= 0.6 is 0 Å². The number of carbonyl (C=O) groups is 2. The first kappa shape index (κ1) is 22.3. The zero-order valence-corrected chi connectivity index (χ0v) is 20.4. The maximum absolute atomic E-state index is 13.6. The van der Waals surface area contributed by atoms with Gasteiger partial charge in [-0.05, 0) is 74.8 Å². The van der Waals surface area contributed by atoms with Crippen LogP contribution in [0.2, 0.25) is 0 Å². The summed E-state index contributed by atoms with van der Waals surface area (Å²) >= 11 is 0. The summed E-state index contributed by atoms with van der Waals surface area (Å²) in [6.07, 6.45) is 9.06. The Morgan fingerprint density at radius 3 is 2.40 bits per heavy atom. The normalized spacial score (nSPS) is 28.4. The molecule has 0 spiro atoms. The second-order valence-corrected chi connectivity index (χ2v) is 10.8. The van der Waals surface area contributed by atoms with E-state index in [2.05, 4.69) is 15.3 Å². The highest BCUT2D eigenvalue weighted by Gasteiger charge is 2.54. The van der Waals surface area contributed by atoms with Crippen LogP contribution in [0, 0.1) is 23.2 Å². The SMILES string of the molecule is COc1ccc(C(=O)N2CCc3c(ncnc3NC(=O)C34CC5CC(CC(C5)C3)C4)C2)c(OC)c1. The summed E-state index contributed by atoms with van der Waals surface area (Å²) in [5.74, 6) is 3.88. The minimum atomic E-state index is -0.228. The van der Waals surface area contributed by atoms with E-state index in [1.165, 1.54) is 25.6 Å². The Labute approximate surface area is 205 Å². The molecule has 2 amide bonds. The van der Waals surface area contributed by atoms with Gasteiger partial charge in [0.25, 0.3) is 5.91 Å². The molecule has 4 saturated carbocycles. The van der Waals surface area contributed by atoms with Crippen LogP contribution in [0.1, 0.15) is 60.1 Å². The average molecular weight is 477 g/mol. The van der Waals surface area contributed by atoms with E-state index in [9.17, 15) is 9.59 Å². The molecule has 1 N–H and O–H groups in total. The van der Waals surface area contributed by atoms with Gasteiger partial charge in [-0.15, -0.1) is 0 Å². The van der Waals surface area contributed by atoms with E-state index in [0.29, 0.717) is 60.1 Å². The minimum absolute atomic E-state index is 0.118. The lowest BCUT2D eigenvalue weighted by molar-refractivity contribution is -0.140. The number of ether oxygens (including phenoxy) is 2. The second-order valence-electron chi connectivity index (χ2n) is 10.8. The van der Waals surface area contributed by atoms with Gasteiger partial charge < -0.3 is 19.7 Å². The van der Waals surface area contributed by atoms with Crippen LogP contribution in [-0.4, -0.2) is 47.4 Å². The highest BCUT2D eigenvalue weighted by atomic mass is 16.5. The van der Waals surface area contributed by atoms with E-state index in [4.69, 9.17) is 9.47 Å². The number of nitrogens with one attached hydrogen (secondary N) is 1. The number of hydrogen-bond donors (Lipinski definition) is 1. The number of anilines is 1. The first-order valence-corrected chi connectivity index (χ1v) is 12.6. The fourth-order valence-corrected chi connectivity index (χ4v) is 7.41. The summed E-state index contributed by atoms with van der Waals surface area (Å²) in [6, 6.07) is 5.20. The Hall–Kier alpha value is -3.16. The average Bonchev–Trinajstić information content (AvgIpc) is 2.87. The molecule has 0 atom stereocenters. The fourth-order valence-electron chi connectivity index (χ4n) is 7.41.